The molecule has 4 aromatic rings. The van der Waals surface area contributed by atoms with Crippen LogP contribution in [0, 0.1) is 0 Å². The molecular formula is C23H17Cl3N4O5S2. The van der Waals surface area contributed by atoms with E-state index in [0.717, 1.165) is 11.5 Å². The van der Waals surface area contributed by atoms with Crippen LogP contribution in [-0.2, 0) is 26.0 Å². The number of carbonyl (C=O) groups excluding carboxylic acids is 2. The third-order valence-electron chi connectivity index (χ3n) is 5.19. The Bertz CT molecular complexity index is 1590. The lowest BCUT2D eigenvalue weighted by Gasteiger charge is -2.19. The van der Waals surface area contributed by atoms with Gasteiger partial charge in [-0.1, -0.05) is 46.9 Å². The minimum atomic E-state index is -4.28. The van der Waals surface area contributed by atoms with Gasteiger partial charge < -0.3 is 10.1 Å². The second-order valence-corrected chi connectivity index (χ2v) is 11.3. The van der Waals surface area contributed by atoms with Gasteiger partial charge in [-0.05, 0) is 47.4 Å². The number of anilines is 1. The Morgan fingerprint density at radius 2 is 1.78 bits per heavy atom. The number of halogens is 3. The molecule has 0 fully saturated rings. The normalized spacial score (nSPS) is 12.2. The highest BCUT2D eigenvalue weighted by Crippen LogP contribution is 2.32. The molecule has 0 aliphatic heterocycles. The number of nitrogens with zero attached hydrogens (tertiary/aromatic N) is 2. The molecule has 0 aliphatic carbocycles. The van der Waals surface area contributed by atoms with E-state index < -0.39 is 27.9 Å². The molecule has 0 bridgehead atoms. The smallest absolute Gasteiger partial charge is 0.328 e. The number of pyridine rings is 1. The number of amides is 1. The Kier molecular flexibility index (Phi) is 8.20. The minimum Gasteiger partial charge on any atom is -0.467 e. The first-order valence-corrected chi connectivity index (χ1v) is 13.8. The van der Waals surface area contributed by atoms with Crippen molar-refractivity contribution < 1.29 is 22.7 Å². The van der Waals surface area contributed by atoms with E-state index in [1.165, 1.54) is 31.6 Å². The van der Waals surface area contributed by atoms with Crippen molar-refractivity contribution in [2.45, 2.75) is 17.5 Å². The van der Waals surface area contributed by atoms with Crippen molar-refractivity contribution in [3.8, 4) is 0 Å². The van der Waals surface area contributed by atoms with Crippen LogP contribution in [0.25, 0.3) is 10.1 Å². The first kappa shape index (κ1) is 27.1. The molecule has 2 heterocycles. The number of sulfonamides is 1. The fourth-order valence-electron chi connectivity index (χ4n) is 3.43. The maximum Gasteiger partial charge on any atom is 0.328 e. The molecule has 0 aliphatic rings. The number of hydrogen-bond donors (Lipinski definition) is 2. The number of hydrogen-bond acceptors (Lipinski definition) is 8. The number of fused-ring (bicyclic) bond motifs is 1. The van der Waals surface area contributed by atoms with E-state index in [0.29, 0.717) is 20.7 Å². The van der Waals surface area contributed by atoms with Gasteiger partial charge in [-0.3, -0.25) is 9.52 Å². The van der Waals surface area contributed by atoms with E-state index >= 15 is 0 Å². The molecule has 2 aromatic carbocycles. The van der Waals surface area contributed by atoms with Crippen molar-refractivity contribution in [1.29, 1.82) is 0 Å². The number of rotatable bonds is 8. The molecule has 4 rings (SSSR count). The summed E-state index contributed by atoms with van der Waals surface area (Å²) in [6.07, 6.45) is 2.83. The number of benzene rings is 2. The highest BCUT2D eigenvalue weighted by atomic mass is 35.5. The Morgan fingerprint density at radius 1 is 1.08 bits per heavy atom. The van der Waals surface area contributed by atoms with Crippen LogP contribution in [0.3, 0.4) is 0 Å². The van der Waals surface area contributed by atoms with Crippen molar-refractivity contribution in [2.24, 2.45) is 0 Å². The molecule has 0 saturated carbocycles. The predicted octanol–water partition coefficient (Wildman–Crippen LogP) is 4.97. The van der Waals surface area contributed by atoms with Gasteiger partial charge in [-0.25, -0.2) is 9.78 Å². The SMILES string of the molecule is COC(=O)[C@H](Cc1ccc(Cl)cc1)NC(=O)c1cc(Cl)c(Cl)cc1NS(=O)(=O)c1nccc2sncc12. The van der Waals surface area contributed by atoms with E-state index in [4.69, 9.17) is 39.5 Å². The molecule has 192 valence electrons. The molecule has 2 N–H and O–H groups in total. The van der Waals surface area contributed by atoms with Crippen molar-refractivity contribution >= 4 is 84.0 Å². The van der Waals surface area contributed by atoms with Gasteiger partial charge in [-0.15, -0.1) is 0 Å². The number of carbonyl (C=O) groups is 2. The summed E-state index contributed by atoms with van der Waals surface area (Å²) in [5, 5.41) is 3.15. The second kappa shape index (κ2) is 11.2. The van der Waals surface area contributed by atoms with Gasteiger partial charge in [0.2, 0.25) is 0 Å². The molecule has 0 unspecified atom stereocenters. The summed E-state index contributed by atoms with van der Waals surface area (Å²) in [6, 6.07) is 9.66. The van der Waals surface area contributed by atoms with Crippen LogP contribution < -0.4 is 10.0 Å². The van der Waals surface area contributed by atoms with Gasteiger partial charge in [0.25, 0.3) is 15.9 Å². The van der Waals surface area contributed by atoms with Gasteiger partial charge in [0.1, 0.15) is 6.04 Å². The second-order valence-electron chi connectivity index (χ2n) is 7.65. The van der Waals surface area contributed by atoms with E-state index in [1.54, 1.807) is 30.3 Å². The summed E-state index contributed by atoms with van der Waals surface area (Å²) in [7, 11) is -3.09. The highest BCUT2D eigenvalue weighted by molar-refractivity contribution is 7.92. The first-order valence-electron chi connectivity index (χ1n) is 10.4. The monoisotopic (exact) mass is 598 g/mol. The fraction of sp³-hybridized carbons (Fsp3) is 0.130. The third-order valence-corrected chi connectivity index (χ3v) is 8.26. The number of nitrogens with one attached hydrogen (secondary N) is 2. The summed E-state index contributed by atoms with van der Waals surface area (Å²) in [5.74, 6) is -1.49. The first-order chi connectivity index (χ1) is 17.6. The average Bonchev–Trinajstić information content (AvgIpc) is 3.35. The molecule has 0 spiro atoms. The summed E-state index contributed by atoms with van der Waals surface area (Å²) in [4.78, 5) is 29.7. The van der Waals surface area contributed by atoms with Crippen LogP contribution in [0.1, 0.15) is 15.9 Å². The van der Waals surface area contributed by atoms with Crippen molar-refractivity contribution in [3.05, 3.63) is 81.1 Å². The van der Waals surface area contributed by atoms with Gasteiger partial charge in [0.15, 0.2) is 5.03 Å². The minimum absolute atomic E-state index is 0.00402. The zero-order valence-electron chi connectivity index (χ0n) is 18.9. The fourth-order valence-corrected chi connectivity index (χ4v) is 5.79. The van der Waals surface area contributed by atoms with Gasteiger partial charge >= 0.3 is 5.97 Å². The Hall–Kier alpha value is -2.96. The molecule has 37 heavy (non-hydrogen) atoms. The zero-order chi connectivity index (χ0) is 26.7. The van der Waals surface area contributed by atoms with Crippen LogP contribution in [-0.4, -0.2) is 42.8 Å². The average molecular weight is 600 g/mol. The lowest BCUT2D eigenvalue weighted by atomic mass is 10.0. The summed E-state index contributed by atoms with van der Waals surface area (Å²) < 4.78 is 38.3. The molecule has 0 saturated heterocycles. The predicted molar refractivity (Wildman–Crippen MR) is 143 cm³/mol. The van der Waals surface area contributed by atoms with E-state index in [1.807, 2.05) is 0 Å². The van der Waals surface area contributed by atoms with E-state index in [9.17, 15) is 18.0 Å². The van der Waals surface area contributed by atoms with Crippen LogP contribution in [0.4, 0.5) is 5.69 Å². The molecule has 1 amide bonds. The zero-order valence-corrected chi connectivity index (χ0v) is 22.8. The van der Waals surface area contributed by atoms with E-state index in [-0.39, 0.29) is 32.7 Å². The summed E-state index contributed by atoms with van der Waals surface area (Å²) >= 11 is 19.3. The summed E-state index contributed by atoms with van der Waals surface area (Å²) in [5.41, 5.74) is 0.376. The lowest BCUT2D eigenvalue weighted by molar-refractivity contribution is -0.142. The molecule has 0 radical (unpaired) electrons. The molecule has 14 heteroatoms. The largest absolute Gasteiger partial charge is 0.467 e. The Labute approximate surface area is 230 Å². The quantitative estimate of drug-likeness (QED) is 0.274. The van der Waals surface area contributed by atoms with Gasteiger partial charge in [0.05, 0.1) is 44.7 Å². The maximum absolute atomic E-state index is 13.3. The number of esters is 1. The number of aromatic nitrogens is 2. The maximum atomic E-state index is 13.3. The molecule has 1 atom stereocenters. The number of methoxy groups -OCH3 is 1. The number of ether oxygens (including phenoxy) is 1. The Balaban J connectivity index is 1.67. The van der Waals surface area contributed by atoms with Gasteiger partial charge in [0, 0.05) is 17.6 Å². The molecule has 9 nitrogen and oxygen atoms in total. The highest BCUT2D eigenvalue weighted by Gasteiger charge is 2.27. The van der Waals surface area contributed by atoms with Crippen molar-refractivity contribution in [2.75, 3.05) is 11.8 Å². The van der Waals surface area contributed by atoms with Crippen LogP contribution >= 0.6 is 46.3 Å². The van der Waals surface area contributed by atoms with Crippen LogP contribution in [0.2, 0.25) is 15.1 Å². The summed E-state index contributed by atoms with van der Waals surface area (Å²) in [6.45, 7) is 0. The van der Waals surface area contributed by atoms with Crippen LogP contribution in [0.5, 0.6) is 0 Å². The lowest BCUT2D eigenvalue weighted by Crippen LogP contribution is -2.43. The standard InChI is InChI=1S/C23H17Cl3N4O5S2/c1-35-23(32)19(8-12-2-4-13(24)5-3-12)29-21(31)14-9-16(25)17(26)10-18(14)30-37(33,34)22-15-11-28-36-20(15)6-7-27-22/h2-7,9-11,19,30H,8H2,1H3,(H,29,31)/t19-/m0/s1. The molecular weight excluding hydrogens is 583 g/mol. The van der Waals surface area contributed by atoms with Crippen LogP contribution in [0.15, 0.2) is 59.9 Å². The molecule has 2 aromatic heterocycles. The van der Waals surface area contributed by atoms with E-state index in [2.05, 4.69) is 19.4 Å². The topological polar surface area (TPSA) is 127 Å². The Morgan fingerprint density at radius 3 is 2.49 bits per heavy atom. The van der Waals surface area contributed by atoms with Crippen molar-refractivity contribution in [1.82, 2.24) is 14.7 Å². The van der Waals surface area contributed by atoms with Crippen molar-refractivity contribution in [3.63, 3.8) is 0 Å². The third kappa shape index (κ3) is 6.13. The van der Waals surface area contributed by atoms with Gasteiger partial charge in [-0.2, -0.15) is 12.8 Å².